The van der Waals surface area contributed by atoms with Gasteiger partial charge in [0.2, 0.25) is 5.91 Å². The molecule has 3 rings (SSSR count). The topological polar surface area (TPSA) is 103 Å². The van der Waals surface area contributed by atoms with Gasteiger partial charge in [0, 0.05) is 30.8 Å². The molecule has 8 heteroatoms. The van der Waals surface area contributed by atoms with Crippen molar-refractivity contribution in [2.45, 2.75) is 13.3 Å². The lowest BCUT2D eigenvalue weighted by Gasteiger charge is -2.08. The summed E-state index contributed by atoms with van der Waals surface area (Å²) < 4.78 is 16.1. The molecule has 0 aromatic heterocycles. The monoisotopic (exact) mass is 410 g/mol. The highest BCUT2D eigenvalue weighted by molar-refractivity contribution is 5.95. The molecule has 2 N–H and O–H groups in total. The molecule has 2 amide bonds. The minimum Gasteiger partial charge on any atom is -0.490 e. The number of benzene rings is 2. The zero-order chi connectivity index (χ0) is 21.3. The van der Waals surface area contributed by atoms with Crippen molar-refractivity contribution in [3.05, 3.63) is 54.1 Å². The van der Waals surface area contributed by atoms with E-state index in [0.717, 1.165) is 12.0 Å². The summed E-state index contributed by atoms with van der Waals surface area (Å²) in [5.74, 6) is -0.0558. The molecule has 0 saturated heterocycles. The average molecular weight is 410 g/mol. The van der Waals surface area contributed by atoms with Gasteiger partial charge in [-0.1, -0.05) is 12.1 Å². The van der Waals surface area contributed by atoms with E-state index in [4.69, 9.17) is 14.2 Å². The van der Waals surface area contributed by atoms with Gasteiger partial charge in [-0.3, -0.25) is 9.59 Å². The minimum atomic E-state index is -0.649. The van der Waals surface area contributed by atoms with Crippen molar-refractivity contribution in [2.75, 3.05) is 30.5 Å². The quantitative estimate of drug-likeness (QED) is 0.561. The maximum absolute atomic E-state index is 12.0. The van der Waals surface area contributed by atoms with Crippen molar-refractivity contribution in [3.8, 4) is 11.5 Å². The summed E-state index contributed by atoms with van der Waals surface area (Å²) in [4.78, 5) is 35.0. The molecule has 0 bridgehead atoms. The van der Waals surface area contributed by atoms with Crippen LogP contribution in [0, 0.1) is 0 Å². The van der Waals surface area contributed by atoms with E-state index < -0.39 is 18.5 Å². The van der Waals surface area contributed by atoms with Crippen LogP contribution in [0.15, 0.2) is 48.5 Å². The molecule has 1 aliphatic rings. The highest BCUT2D eigenvalue weighted by Gasteiger charge is 2.10. The molecule has 1 aliphatic heterocycles. The Morgan fingerprint density at radius 2 is 1.73 bits per heavy atom. The number of hydrogen-bond donors (Lipinski definition) is 2. The summed E-state index contributed by atoms with van der Waals surface area (Å²) in [5.41, 5.74) is 1.77. The van der Waals surface area contributed by atoms with Crippen LogP contribution in [-0.2, 0) is 19.1 Å². The van der Waals surface area contributed by atoms with Gasteiger partial charge in [-0.15, -0.1) is 0 Å². The van der Waals surface area contributed by atoms with E-state index in [9.17, 15) is 14.4 Å². The number of esters is 1. The maximum Gasteiger partial charge on any atom is 0.331 e. The van der Waals surface area contributed by atoms with Crippen molar-refractivity contribution < 1.29 is 28.6 Å². The zero-order valence-corrected chi connectivity index (χ0v) is 16.5. The fourth-order valence-corrected chi connectivity index (χ4v) is 2.71. The number of carbonyl (C=O) groups is 3. The van der Waals surface area contributed by atoms with Crippen molar-refractivity contribution >= 4 is 35.2 Å². The molecule has 0 saturated carbocycles. The van der Waals surface area contributed by atoms with E-state index in [2.05, 4.69) is 10.6 Å². The summed E-state index contributed by atoms with van der Waals surface area (Å²) in [7, 11) is 0. The Balaban J connectivity index is 1.49. The van der Waals surface area contributed by atoms with Crippen LogP contribution in [0.1, 0.15) is 18.9 Å². The van der Waals surface area contributed by atoms with E-state index in [1.165, 1.54) is 13.0 Å². The third kappa shape index (κ3) is 6.37. The van der Waals surface area contributed by atoms with E-state index in [0.29, 0.717) is 36.1 Å². The van der Waals surface area contributed by atoms with Crippen LogP contribution in [-0.4, -0.2) is 37.6 Å². The predicted molar refractivity (Wildman–Crippen MR) is 111 cm³/mol. The third-order valence-electron chi connectivity index (χ3n) is 4.00. The average Bonchev–Trinajstić information content (AvgIpc) is 2.95. The lowest BCUT2D eigenvalue weighted by Crippen LogP contribution is -2.20. The fraction of sp³-hybridized carbons (Fsp3) is 0.227. The van der Waals surface area contributed by atoms with Gasteiger partial charge in [-0.05, 0) is 42.0 Å². The first-order valence-corrected chi connectivity index (χ1v) is 9.41. The number of carbonyl (C=O) groups excluding carboxylic acids is 3. The first kappa shape index (κ1) is 20.9. The van der Waals surface area contributed by atoms with Crippen LogP contribution < -0.4 is 20.1 Å². The second-order valence-electron chi connectivity index (χ2n) is 6.51. The van der Waals surface area contributed by atoms with Crippen LogP contribution in [0.4, 0.5) is 11.4 Å². The minimum absolute atomic E-state index is 0.215. The maximum atomic E-state index is 12.0. The molecule has 0 aliphatic carbocycles. The first-order valence-electron chi connectivity index (χ1n) is 9.41. The van der Waals surface area contributed by atoms with Gasteiger partial charge in [0.05, 0.1) is 13.2 Å². The van der Waals surface area contributed by atoms with Gasteiger partial charge in [-0.2, -0.15) is 0 Å². The molecular formula is C22H22N2O6. The number of fused-ring (bicyclic) bond motifs is 1. The van der Waals surface area contributed by atoms with E-state index in [1.54, 1.807) is 48.5 Å². The molecule has 0 fully saturated rings. The number of hydrogen-bond acceptors (Lipinski definition) is 6. The molecule has 8 nitrogen and oxygen atoms in total. The highest BCUT2D eigenvalue weighted by atomic mass is 16.5. The zero-order valence-electron chi connectivity index (χ0n) is 16.5. The summed E-state index contributed by atoms with van der Waals surface area (Å²) in [6.07, 6.45) is 3.63. The van der Waals surface area contributed by atoms with Crippen LogP contribution in [0.2, 0.25) is 0 Å². The first-order chi connectivity index (χ1) is 14.5. The van der Waals surface area contributed by atoms with Gasteiger partial charge < -0.3 is 24.8 Å². The molecule has 0 radical (unpaired) electrons. The van der Waals surface area contributed by atoms with Crippen molar-refractivity contribution in [3.63, 3.8) is 0 Å². The number of nitrogens with one attached hydrogen (secondary N) is 2. The van der Waals surface area contributed by atoms with Gasteiger partial charge in [0.15, 0.2) is 18.1 Å². The Hall–Kier alpha value is -3.81. The molecule has 30 heavy (non-hydrogen) atoms. The number of amides is 2. The number of ether oxygens (including phenoxy) is 3. The molecule has 1 heterocycles. The summed E-state index contributed by atoms with van der Waals surface area (Å²) in [6.45, 7) is 2.14. The Labute approximate surface area is 173 Å². The Morgan fingerprint density at radius 3 is 2.50 bits per heavy atom. The lowest BCUT2D eigenvalue weighted by atomic mass is 10.2. The van der Waals surface area contributed by atoms with Crippen LogP contribution in [0.25, 0.3) is 6.08 Å². The Kier molecular flexibility index (Phi) is 7.05. The van der Waals surface area contributed by atoms with Crippen molar-refractivity contribution in [1.82, 2.24) is 0 Å². The number of rotatable bonds is 6. The lowest BCUT2D eigenvalue weighted by molar-refractivity contribution is -0.142. The molecule has 156 valence electrons. The van der Waals surface area contributed by atoms with Gasteiger partial charge in [-0.25, -0.2) is 4.79 Å². The van der Waals surface area contributed by atoms with Gasteiger partial charge in [0.1, 0.15) is 0 Å². The standard InChI is InChI=1S/C22H22N2O6/c1-15(25)23-17-4-2-5-18(13-17)24-21(26)14-30-22(27)9-7-16-6-8-19-20(12-16)29-11-3-10-28-19/h2,4-9,12-13H,3,10-11,14H2,1H3,(H,23,25)(H,24,26)/b9-7+. The summed E-state index contributed by atoms with van der Waals surface area (Å²) >= 11 is 0. The number of anilines is 2. The van der Waals surface area contributed by atoms with E-state index >= 15 is 0 Å². The van der Waals surface area contributed by atoms with Crippen LogP contribution in [0.3, 0.4) is 0 Å². The highest BCUT2D eigenvalue weighted by Crippen LogP contribution is 2.30. The molecular weight excluding hydrogens is 388 g/mol. The molecule has 2 aromatic carbocycles. The second-order valence-corrected chi connectivity index (χ2v) is 6.51. The van der Waals surface area contributed by atoms with Crippen molar-refractivity contribution in [1.29, 1.82) is 0 Å². The normalized spacial score (nSPS) is 12.7. The predicted octanol–water partition coefficient (Wildman–Crippen LogP) is 3.00. The van der Waals surface area contributed by atoms with Gasteiger partial charge >= 0.3 is 5.97 Å². The Morgan fingerprint density at radius 1 is 1.00 bits per heavy atom. The molecule has 0 unspecified atom stereocenters. The smallest absolute Gasteiger partial charge is 0.331 e. The largest absolute Gasteiger partial charge is 0.490 e. The Bertz CT molecular complexity index is 970. The summed E-state index contributed by atoms with van der Waals surface area (Å²) in [6, 6.07) is 12.0. The van der Waals surface area contributed by atoms with Crippen molar-refractivity contribution in [2.24, 2.45) is 0 Å². The van der Waals surface area contributed by atoms with Crippen LogP contribution >= 0.6 is 0 Å². The van der Waals surface area contributed by atoms with Crippen LogP contribution in [0.5, 0.6) is 11.5 Å². The van der Waals surface area contributed by atoms with Gasteiger partial charge in [0.25, 0.3) is 5.91 Å². The molecule has 2 aromatic rings. The fourth-order valence-electron chi connectivity index (χ4n) is 2.71. The second kappa shape index (κ2) is 10.1. The van der Waals surface area contributed by atoms with E-state index in [-0.39, 0.29) is 5.91 Å². The third-order valence-corrected chi connectivity index (χ3v) is 4.00. The summed E-state index contributed by atoms with van der Waals surface area (Å²) in [5, 5.41) is 5.22. The molecule has 0 atom stereocenters. The SMILES string of the molecule is CC(=O)Nc1cccc(NC(=O)COC(=O)/C=C/c2ccc3c(c2)OCCCO3)c1. The van der Waals surface area contributed by atoms with E-state index in [1.807, 2.05) is 0 Å². The molecule has 0 spiro atoms.